The average molecular weight is 305 g/mol. The summed E-state index contributed by atoms with van der Waals surface area (Å²) >= 11 is 0. The van der Waals surface area contributed by atoms with E-state index in [4.69, 9.17) is 5.73 Å². The molecule has 6 heteroatoms. The van der Waals surface area contributed by atoms with Gasteiger partial charge in [0.2, 0.25) is 10.0 Å². The van der Waals surface area contributed by atoms with Crippen LogP contribution in [0.15, 0.2) is 48.8 Å². The monoisotopic (exact) mass is 305 g/mol. The molecule has 21 heavy (non-hydrogen) atoms. The Morgan fingerprint density at radius 1 is 1.19 bits per heavy atom. The van der Waals surface area contributed by atoms with Crippen LogP contribution in [0.4, 0.5) is 5.69 Å². The molecule has 0 bridgehead atoms. The summed E-state index contributed by atoms with van der Waals surface area (Å²) in [7, 11) is -3.41. The number of nitrogens with two attached hydrogens (primary N) is 1. The van der Waals surface area contributed by atoms with Crippen molar-refractivity contribution >= 4 is 15.7 Å². The predicted octanol–water partition coefficient (Wildman–Crippen LogP) is 2.09. The van der Waals surface area contributed by atoms with E-state index >= 15 is 0 Å². The van der Waals surface area contributed by atoms with Crippen LogP contribution in [0, 0.1) is 0 Å². The van der Waals surface area contributed by atoms with E-state index in [0.717, 1.165) is 11.1 Å². The number of hydrogen-bond donors (Lipinski definition) is 2. The molecule has 0 saturated carbocycles. The number of benzene rings is 1. The molecule has 0 fully saturated rings. The lowest BCUT2D eigenvalue weighted by atomic mass is 10.1. The minimum Gasteiger partial charge on any atom is -0.324 e. The second-order valence-corrected chi connectivity index (χ2v) is 6.74. The van der Waals surface area contributed by atoms with Crippen LogP contribution in [0.5, 0.6) is 0 Å². The lowest BCUT2D eigenvalue weighted by Crippen LogP contribution is -2.20. The second-order valence-electron chi connectivity index (χ2n) is 4.90. The Kier molecular flexibility index (Phi) is 4.93. The molecule has 1 heterocycles. The Morgan fingerprint density at radius 2 is 1.86 bits per heavy atom. The molecule has 112 valence electrons. The van der Waals surface area contributed by atoms with Gasteiger partial charge in [0.05, 0.1) is 11.4 Å². The summed E-state index contributed by atoms with van der Waals surface area (Å²) < 4.78 is 27.0. The maximum Gasteiger partial charge on any atom is 0.233 e. The first kappa shape index (κ1) is 15.5. The molecule has 0 aliphatic heterocycles. The molecular formula is C15H19N3O2S. The largest absolute Gasteiger partial charge is 0.324 e. The van der Waals surface area contributed by atoms with Crippen molar-refractivity contribution in [3.8, 4) is 0 Å². The van der Waals surface area contributed by atoms with E-state index in [-0.39, 0.29) is 11.8 Å². The van der Waals surface area contributed by atoms with Crippen LogP contribution in [-0.4, -0.2) is 19.2 Å². The minimum atomic E-state index is -3.41. The zero-order valence-corrected chi connectivity index (χ0v) is 12.7. The third kappa shape index (κ3) is 4.54. The first-order valence-electron chi connectivity index (χ1n) is 6.72. The summed E-state index contributed by atoms with van der Waals surface area (Å²) in [6, 6.07) is 10.6. The first-order chi connectivity index (χ1) is 9.98. The van der Waals surface area contributed by atoms with Crippen LogP contribution >= 0.6 is 0 Å². The van der Waals surface area contributed by atoms with E-state index in [1.807, 2.05) is 31.2 Å². The number of pyridine rings is 1. The maximum absolute atomic E-state index is 12.2. The lowest BCUT2D eigenvalue weighted by Gasteiger charge is -2.14. The summed E-state index contributed by atoms with van der Waals surface area (Å²) in [5.74, 6) is 0.0182. The number of aryl methyl sites for hydroxylation is 1. The van der Waals surface area contributed by atoms with Crippen molar-refractivity contribution in [3.05, 3.63) is 59.9 Å². The zero-order chi connectivity index (χ0) is 15.3. The fraction of sp³-hybridized carbons (Fsp3) is 0.267. The van der Waals surface area contributed by atoms with E-state index in [2.05, 4.69) is 9.71 Å². The van der Waals surface area contributed by atoms with Crippen LogP contribution < -0.4 is 10.5 Å². The highest BCUT2D eigenvalue weighted by Crippen LogP contribution is 2.22. The van der Waals surface area contributed by atoms with E-state index in [0.29, 0.717) is 12.1 Å². The normalized spacial score (nSPS) is 12.9. The van der Waals surface area contributed by atoms with Gasteiger partial charge in [0.1, 0.15) is 0 Å². The minimum absolute atomic E-state index is 0.0182. The van der Waals surface area contributed by atoms with Gasteiger partial charge in [-0.3, -0.25) is 9.71 Å². The Hall–Kier alpha value is -1.92. The predicted molar refractivity (Wildman–Crippen MR) is 84.4 cm³/mol. The van der Waals surface area contributed by atoms with Crippen molar-refractivity contribution in [1.29, 1.82) is 0 Å². The number of rotatable bonds is 6. The Morgan fingerprint density at radius 3 is 2.52 bits per heavy atom. The molecule has 0 radical (unpaired) electrons. The topological polar surface area (TPSA) is 85.1 Å². The summed E-state index contributed by atoms with van der Waals surface area (Å²) in [6.45, 7) is 1.82. The Bertz CT molecular complexity index is 685. The molecule has 1 unspecified atom stereocenters. The molecule has 0 spiro atoms. The number of nitrogens with zero attached hydrogens (tertiary/aromatic N) is 1. The van der Waals surface area contributed by atoms with Gasteiger partial charge in [-0.25, -0.2) is 8.42 Å². The molecule has 1 aromatic carbocycles. The number of sulfonamides is 1. The summed E-state index contributed by atoms with van der Waals surface area (Å²) in [5.41, 5.74) is 8.12. The molecule has 3 N–H and O–H groups in total. The van der Waals surface area contributed by atoms with Crippen LogP contribution in [0.25, 0.3) is 0 Å². The van der Waals surface area contributed by atoms with E-state index in [9.17, 15) is 8.42 Å². The molecular weight excluding hydrogens is 286 g/mol. The fourth-order valence-electron chi connectivity index (χ4n) is 2.01. The van der Waals surface area contributed by atoms with Gasteiger partial charge in [0, 0.05) is 18.4 Å². The van der Waals surface area contributed by atoms with Gasteiger partial charge in [-0.15, -0.1) is 0 Å². The van der Waals surface area contributed by atoms with Gasteiger partial charge in [-0.1, -0.05) is 18.2 Å². The number of hydrogen-bond acceptors (Lipinski definition) is 4. The molecule has 0 amide bonds. The molecule has 0 aliphatic rings. The number of para-hydroxylation sites is 1. The van der Waals surface area contributed by atoms with Gasteiger partial charge in [0.25, 0.3) is 0 Å². The van der Waals surface area contributed by atoms with E-state index in [1.54, 1.807) is 24.5 Å². The first-order valence-corrected chi connectivity index (χ1v) is 8.37. The molecule has 0 saturated heterocycles. The molecule has 1 atom stereocenters. The molecule has 2 aromatic rings. The van der Waals surface area contributed by atoms with Gasteiger partial charge >= 0.3 is 0 Å². The Labute approximate surface area is 125 Å². The SMILES string of the molecule is CC(N)c1ccccc1NS(=O)(=O)CCc1ccncc1. The fourth-order valence-corrected chi connectivity index (χ4v) is 3.13. The van der Waals surface area contributed by atoms with Crippen LogP contribution in [0.3, 0.4) is 0 Å². The van der Waals surface area contributed by atoms with Crippen LogP contribution in [0.1, 0.15) is 24.1 Å². The van der Waals surface area contributed by atoms with Crippen molar-refractivity contribution in [2.24, 2.45) is 5.73 Å². The molecule has 2 rings (SSSR count). The quantitative estimate of drug-likeness (QED) is 0.855. The summed E-state index contributed by atoms with van der Waals surface area (Å²) in [4.78, 5) is 3.91. The summed E-state index contributed by atoms with van der Waals surface area (Å²) in [6.07, 6.45) is 3.75. The van der Waals surface area contributed by atoms with Gasteiger partial charge in [0.15, 0.2) is 0 Å². The number of nitrogens with one attached hydrogen (secondary N) is 1. The number of anilines is 1. The highest BCUT2D eigenvalue weighted by atomic mass is 32.2. The zero-order valence-electron chi connectivity index (χ0n) is 11.9. The lowest BCUT2D eigenvalue weighted by molar-refractivity contribution is 0.600. The molecule has 0 aliphatic carbocycles. The molecule has 1 aromatic heterocycles. The maximum atomic E-state index is 12.2. The second kappa shape index (κ2) is 6.69. The molecule has 5 nitrogen and oxygen atoms in total. The number of aromatic nitrogens is 1. The van der Waals surface area contributed by atoms with E-state index in [1.165, 1.54) is 0 Å². The van der Waals surface area contributed by atoms with Crippen molar-refractivity contribution in [1.82, 2.24) is 4.98 Å². The van der Waals surface area contributed by atoms with Crippen molar-refractivity contribution in [2.75, 3.05) is 10.5 Å². The highest BCUT2D eigenvalue weighted by Gasteiger charge is 2.14. The smallest absolute Gasteiger partial charge is 0.233 e. The van der Waals surface area contributed by atoms with Crippen LogP contribution in [-0.2, 0) is 16.4 Å². The standard InChI is InChI=1S/C15H19N3O2S/c1-12(16)14-4-2-3-5-15(14)18-21(19,20)11-8-13-6-9-17-10-7-13/h2-7,9-10,12,18H,8,11,16H2,1H3. The van der Waals surface area contributed by atoms with Gasteiger partial charge in [-0.2, -0.15) is 0 Å². The van der Waals surface area contributed by atoms with Gasteiger partial charge in [-0.05, 0) is 42.7 Å². The van der Waals surface area contributed by atoms with Crippen molar-refractivity contribution < 1.29 is 8.42 Å². The summed E-state index contributed by atoms with van der Waals surface area (Å²) in [5, 5.41) is 0. The Balaban J connectivity index is 2.08. The van der Waals surface area contributed by atoms with Crippen LogP contribution in [0.2, 0.25) is 0 Å². The van der Waals surface area contributed by atoms with Crippen molar-refractivity contribution in [2.45, 2.75) is 19.4 Å². The third-order valence-corrected chi connectivity index (χ3v) is 4.40. The average Bonchev–Trinajstić information content (AvgIpc) is 2.46. The van der Waals surface area contributed by atoms with E-state index < -0.39 is 10.0 Å². The third-order valence-electron chi connectivity index (χ3n) is 3.13. The highest BCUT2D eigenvalue weighted by molar-refractivity contribution is 7.92. The van der Waals surface area contributed by atoms with Gasteiger partial charge < -0.3 is 5.73 Å². The van der Waals surface area contributed by atoms with Crippen molar-refractivity contribution in [3.63, 3.8) is 0 Å².